The van der Waals surface area contributed by atoms with Crippen molar-refractivity contribution in [2.75, 3.05) is 0 Å². The van der Waals surface area contributed by atoms with E-state index in [4.69, 9.17) is 9.52 Å². The maximum absolute atomic E-state index is 10.7. The summed E-state index contributed by atoms with van der Waals surface area (Å²) in [6.07, 6.45) is 4.24. The molecule has 2 rings (SSSR count). The molecule has 0 aliphatic rings. The highest BCUT2D eigenvalue weighted by Gasteiger charge is 2.16. The molecule has 70 valence electrons. The van der Waals surface area contributed by atoms with Gasteiger partial charge in [-0.15, -0.1) is 0 Å². The zero-order valence-electron chi connectivity index (χ0n) is 7.04. The van der Waals surface area contributed by atoms with Crippen LogP contribution in [-0.4, -0.2) is 21.0 Å². The zero-order chi connectivity index (χ0) is 9.97. The van der Waals surface area contributed by atoms with Crippen LogP contribution < -0.4 is 0 Å². The Labute approximate surface area is 79.0 Å². The van der Waals surface area contributed by atoms with E-state index in [-0.39, 0.29) is 5.76 Å². The quantitative estimate of drug-likeness (QED) is 0.775. The number of pyridine rings is 1. The second-order valence-corrected chi connectivity index (χ2v) is 2.57. The zero-order valence-corrected chi connectivity index (χ0v) is 7.04. The summed E-state index contributed by atoms with van der Waals surface area (Å²) < 4.78 is 4.75. The third kappa shape index (κ3) is 1.35. The molecule has 1 N–H and O–H groups in total. The molecule has 0 radical (unpaired) electrons. The first-order chi connectivity index (χ1) is 6.79. The predicted octanol–water partition coefficient (Wildman–Crippen LogP) is 1.43. The molecule has 0 aromatic carbocycles. The van der Waals surface area contributed by atoms with Crippen LogP contribution in [0.15, 0.2) is 35.3 Å². The number of rotatable bonds is 2. The number of hydrogen-bond acceptors (Lipinski definition) is 4. The molecular weight excluding hydrogens is 184 g/mol. The number of hydrogen-bond donors (Lipinski definition) is 1. The molecule has 5 nitrogen and oxygen atoms in total. The summed E-state index contributed by atoms with van der Waals surface area (Å²) in [6.45, 7) is 0. The van der Waals surface area contributed by atoms with Crippen molar-refractivity contribution in [3.63, 3.8) is 0 Å². The summed E-state index contributed by atoms with van der Waals surface area (Å²) in [5.74, 6) is -1.29. The van der Waals surface area contributed by atoms with Gasteiger partial charge in [-0.25, -0.2) is 9.78 Å². The highest BCUT2D eigenvalue weighted by atomic mass is 16.4. The lowest BCUT2D eigenvalue weighted by Crippen LogP contribution is -1.96. The van der Waals surface area contributed by atoms with Crippen molar-refractivity contribution in [1.29, 1.82) is 0 Å². The summed E-state index contributed by atoms with van der Waals surface area (Å²) in [5.41, 5.74) is 0.992. The number of carboxylic acids is 1. The number of oxazole rings is 1. The van der Waals surface area contributed by atoms with E-state index in [1.54, 1.807) is 24.5 Å². The molecule has 14 heavy (non-hydrogen) atoms. The molecule has 2 heterocycles. The molecule has 0 saturated heterocycles. The summed E-state index contributed by atoms with van der Waals surface area (Å²) in [7, 11) is 0. The average molecular weight is 190 g/mol. The van der Waals surface area contributed by atoms with Gasteiger partial charge in [0.05, 0.1) is 0 Å². The SMILES string of the molecule is O=C(O)c1ocnc1-c1ccncc1. The van der Waals surface area contributed by atoms with Crippen LogP contribution in [0.5, 0.6) is 0 Å². The summed E-state index contributed by atoms with van der Waals surface area (Å²) in [4.78, 5) is 18.4. The monoisotopic (exact) mass is 190 g/mol. The van der Waals surface area contributed by atoms with Gasteiger partial charge in [0, 0.05) is 18.0 Å². The fourth-order valence-corrected chi connectivity index (χ4v) is 1.11. The molecule has 0 fully saturated rings. The van der Waals surface area contributed by atoms with Gasteiger partial charge < -0.3 is 9.52 Å². The Bertz CT molecular complexity index is 450. The van der Waals surface area contributed by atoms with E-state index in [0.29, 0.717) is 11.3 Å². The van der Waals surface area contributed by atoms with E-state index in [1.165, 1.54) is 0 Å². The van der Waals surface area contributed by atoms with Gasteiger partial charge >= 0.3 is 5.97 Å². The van der Waals surface area contributed by atoms with E-state index < -0.39 is 5.97 Å². The Hall–Kier alpha value is -2.17. The Morgan fingerprint density at radius 1 is 1.36 bits per heavy atom. The van der Waals surface area contributed by atoms with Gasteiger partial charge in [-0.1, -0.05) is 0 Å². The molecule has 0 aliphatic carbocycles. The van der Waals surface area contributed by atoms with Gasteiger partial charge in [0.1, 0.15) is 5.69 Å². The Morgan fingerprint density at radius 3 is 2.71 bits per heavy atom. The van der Waals surface area contributed by atoms with Crippen molar-refractivity contribution in [3.8, 4) is 11.3 Å². The molecule has 0 aliphatic heterocycles. The molecule has 0 amide bonds. The van der Waals surface area contributed by atoms with E-state index in [1.807, 2.05) is 0 Å². The topological polar surface area (TPSA) is 76.2 Å². The van der Waals surface area contributed by atoms with Gasteiger partial charge in [0.15, 0.2) is 6.39 Å². The number of aromatic carboxylic acids is 1. The molecule has 2 aromatic rings. The van der Waals surface area contributed by atoms with Crippen LogP contribution in [0.3, 0.4) is 0 Å². The second kappa shape index (κ2) is 3.29. The van der Waals surface area contributed by atoms with E-state index in [0.717, 1.165) is 6.39 Å². The molecule has 0 unspecified atom stereocenters. The lowest BCUT2D eigenvalue weighted by molar-refractivity contribution is 0.0663. The molecule has 0 saturated carbocycles. The minimum atomic E-state index is -1.13. The van der Waals surface area contributed by atoms with Crippen LogP contribution in [0.1, 0.15) is 10.6 Å². The van der Waals surface area contributed by atoms with Crippen LogP contribution >= 0.6 is 0 Å². The lowest BCUT2D eigenvalue weighted by Gasteiger charge is -1.95. The highest BCUT2D eigenvalue weighted by Crippen LogP contribution is 2.20. The fraction of sp³-hybridized carbons (Fsp3) is 0. The summed E-state index contributed by atoms with van der Waals surface area (Å²) in [5, 5.41) is 8.77. The minimum Gasteiger partial charge on any atom is -0.475 e. The van der Waals surface area contributed by atoms with Crippen molar-refractivity contribution < 1.29 is 14.3 Å². The largest absolute Gasteiger partial charge is 0.475 e. The first-order valence-electron chi connectivity index (χ1n) is 3.86. The first-order valence-corrected chi connectivity index (χ1v) is 3.86. The van der Waals surface area contributed by atoms with Crippen LogP contribution in [0.25, 0.3) is 11.3 Å². The maximum atomic E-state index is 10.7. The van der Waals surface area contributed by atoms with E-state index in [2.05, 4.69) is 9.97 Å². The number of carboxylic acid groups (broad SMARTS) is 1. The van der Waals surface area contributed by atoms with Gasteiger partial charge in [0.25, 0.3) is 0 Å². The van der Waals surface area contributed by atoms with Crippen molar-refractivity contribution in [3.05, 3.63) is 36.7 Å². The highest BCUT2D eigenvalue weighted by molar-refractivity contribution is 5.91. The summed E-state index contributed by atoms with van der Waals surface area (Å²) >= 11 is 0. The Morgan fingerprint density at radius 2 is 2.07 bits per heavy atom. The lowest BCUT2D eigenvalue weighted by atomic mass is 10.2. The smallest absolute Gasteiger partial charge is 0.374 e. The standard InChI is InChI=1S/C9H6N2O3/c12-9(13)8-7(11-5-14-8)6-1-3-10-4-2-6/h1-5H,(H,12,13). The van der Waals surface area contributed by atoms with Crippen molar-refractivity contribution in [1.82, 2.24) is 9.97 Å². The third-order valence-electron chi connectivity index (χ3n) is 1.72. The number of nitrogens with zero attached hydrogens (tertiary/aromatic N) is 2. The molecule has 2 aromatic heterocycles. The Balaban J connectivity index is 2.52. The molecule has 0 spiro atoms. The van der Waals surface area contributed by atoms with Crippen molar-refractivity contribution in [2.45, 2.75) is 0 Å². The minimum absolute atomic E-state index is 0.156. The van der Waals surface area contributed by atoms with Crippen molar-refractivity contribution in [2.24, 2.45) is 0 Å². The van der Waals surface area contributed by atoms with Crippen LogP contribution in [0.2, 0.25) is 0 Å². The van der Waals surface area contributed by atoms with Gasteiger partial charge in [-0.3, -0.25) is 4.98 Å². The first kappa shape index (κ1) is 8.43. The number of aromatic nitrogens is 2. The predicted molar refractivity (Wildman–Crippen MR) is 46.7 cm³/mol. The van der Waals surface area contributed by atoms with Gasteiger partial charge in [0.2, 0.25) is 5.76 Å². The normalized spacial score (nSPS) is 10.0. The fourth-order valence-electron chi connectivity index (χ4n) is 1.11. The van der Waals surface area contributed by atoms with E-state index >= 15 is 0 Å². The number of carbonyl (C=O) groups is 1. The van der Waals surface area contributed by atoms with E-state index in [9.17, 15) is 4.79 Å². The van der Waals surface area contributed by atoms with Crippen molar-refractivity contribution >= 4 is 5.97 Å². The van der Waals surface area contributed by atoms with Crippen LogP contribution in [-0.2, 0) is 0 Å². The Kier molecular flexibility index (Phi) is 1.98. The molecule has 5 heteroatoms. The van der Waals surface area contributed by atoms with Gasteiger partial charge in [-0.2, -0.15) is 0 Å². The maximum Gasteiger partial charge on any atom is 0.374 e. The summed E-state index contributed by atoms with van der Waals surface area (Å²) in [6, 6.07) is 3.34. The molecule has 0 atom stereocenters. The molecular formula is C9H6N2O3. The van der Waals surface area contributed by atoms with Gasteiger partial charge in [-0.05, 0) is 12.1 Å². The van der Waals surface area contributed by atoms with Crippen LogP contribution in [0, 0.1) is 0 Å². The third-order valence-corrected chi connectivity index (χ3v) is 1.72. The average Bonchev–Trinajstić information content (AvgIpc) is 2.67. The molecule has 0 bridgehead atoms. The van der Waals surface area contributed by atoms with Crippen LogP contribution in [0.4, 0.5) is 0 Å². The second-order valence-electron chi connectivity index (χ2n) is 2.57.